The summed E-state index contributed by atoms with van der Waals surface area (Å²) < 4.78 is 5.84. The number of rotatable bonds is 4. The summed E-state index contributed by atoms with van der Waals surface area (Å²) in [6.45, 7) is 0. The van der Waals surface area contributed by atoms with E-state index in [0.29, 0.717) is 27.9 Å². The summed E-state index contributed by atoms with van der Waals surface area (Å²) >= 11 is 12.0. The quantitative estimate of drug-likeness (QED) is 0.377. The molecule has 3 aromatic carbocycles. The Morgan fingerprint density at radius 3 is 2.28 bits per heavy atom. The molecule has 4 rings (SSSR count). The number of hydrogen-bond donors (Lipinski definition) is 3. The third kappa shape index (κ3) is 3.72. The third-order valence-electron chi connectivity index (χ3n) is 4.50. The van der Waals surface area contributed by atoms with E-state index in [1.54, 1.807) is 18.2 Å². The van der Waals surface area contributed by atoms with Crippen LogP contribution in [-0.4, -0.2) is 22.2 Å². The Balaban J connectivity index is 1.68. The Bertz CT molecular complexity index is 1180. The average Bonchev–Trinajstić information content (AvgIpc) is 2.68. The lowest BCUT2D eigenvalue weighted by Crippen LogP contribution is -2.11. The van der Waals surface area contributed by atoms with Gasteiger partial charge in [-0.05, 0) is 53.9 Å². The van der Waals surface area contributed by atoms with Crippen molar-refractivity contribution in [2.45, 2.75) is 6.42 Å². The molecule has 6 nitrogen and oxygen atoms in total. The van der Waals surface area contributed by atoms with Crippen LogP contribution in [0.15, 0.2) is 48.5 Å². The van der Waals surface area contributed by atoms with E-state index in [4.69, 9.17) is 27.9 Å². The molecule has 0 fully saturated rings. The van der Waals surface area contributed by atoms with E-state index < -0.39 is 11.9 Å². The van der Waals surface area contributed by atoms with Gasteiger partial charge in [-0.25, -0.2) is 9.59 Å². The highest BCUT2D eigenvalue weighted by atomic mass is 35.5. The topological polar surface area (TPSA) is 95.9 Å². The molecule has 0 saturated heterocycles. The molecule has 1 aliphatic rings. The predicted octanol–water partition coefficient (Wildman–Crippen LogP) is 5.83. The lowest BCUT2D eigenvalue weighted by Gasteiger charge is -2.24. The van der Waals surface area contributed by atoms with Gasteiger partial charge in [-0.1, -0.05) is 35.3 Å². The summed E-state index contributed by atoms with van der Waals surface area (Å²) in [6, 6.07) is 13.3. The van der Waals surface area contributed by atoms with Gasteiger partial charge in [0.1, 0.15) is 0 Å². The number of hydrogen-bond acceptors (Lipinski definition) is 4. The van der Waals surface area contributed by atoms with Crippen LogP contribution in [0.1, 0.15) is 31.8 Å². The summed E-state index contributed by atoms with van der Waals surface area (Å²) in [5.41, 5.74) is 2.35. The second-order valence-corrected chi connectivity index (χ2v) is 7.30. The molecule has 0 aromatic heterocycles. The van der Waals surface area contributed by atoms with Crippen molar-refractivity contribution in [3.05, 3.63) is 80.8 Å². The maximum atomic E-state index is 11.6. The number of aromatic carboxylic acids is 2. The molecule has 3 N–H and O–H groups in total. The van der Waals surface area contributed by atoms with Gasteiger partial charge in [0.15, 0.2) is 11.5 Å². The summed E-state index contributed by atoms with van der Waals surface area (Å²) in [6.07, 6.45) is 0.579. The normalized spacial score (nSPS) is 11.7. The molecule has 29 heavy (non-hydrogen) atoms. The second kappa shape index (κ2) is 7.31. The number of carboxylic acid groups (broad SMARTS) is 2. The van der Waals surface area contributed by atoms with Crippen LogP contribution in [0, 0.1) is 0 Å². The van der Waals surface area contributed by atoms with Crippen molar-refractivity contribution in [3.8, 4) is 11.5 Å². The van der Waals surface area contributed by atoms with Crippen molar-refractivity contribution >= 4 is 46.5 Å². The molecule has 0 unspecified atom stereocenters. The first-order valence-corrected chi connectivity index (χ1v) is 9.24. The monoisotopic (exact) mass is 429 g/mol. The van der Waals surface area contributed by atoms with Gasteiger partial charge in [-0.2, -0.15) is 0 Å². The lowest BCUT2D eigenvalue weighted by molar-refractivity contribution is 0.0696. The van der Waals surface area contributed by atoms with E-state index >= 15 is 0 Å². The minimum atomic E-state index is -1.25. The zero-order chi connectivity index (χ0) is 20.7. The molecule has 1 aliphatic heterocycles. The van der Waals surface area contributed by atoms with E-state index in [-0.39, 0.29) is 22.6 Å². The fraction of sp³-hybridized carbons (Fsp3) is 0.0476. The second-order valence-electron chi connectivity index (χ2n) is 6.49. The fourth-order valence-corrected chi connectivity index (χ4v) is 3.44. The van der Waals surface area contributed by atoms with Gasteiger partial charge in [0.2, 0.25) is 0 Å². The first kappa shape index (κ1) is 19.1. The minimum absolute atomic E-state index is 0.140. The highest BCUT2D eigenvalue weighted by Crippen LogP contribution is 2.44. The number of fused-ring (bicyclic) bond motifs is 2. The Kier molecular flexibility index (Phi) is 4.82. The van der Waals surface area contributed by atoms with Crippen molar-refractivity contribution in [1.82, 2.24) is 0 Å². The van der Waals surface area contributed by atoms with Crippen LogP contribution in [0.4, 0.5) is 11.4 Å². The first-order valence-electron chi connectivity index (χ1n) is 8.48. The molecule has 0 radical (unpaired) electrons. The number of nitrogens with one attached hydrogen (secondary N) is 1. The van der Waals surface area contributed by atoms with E-state index in [0.717, 1.165) is 17.2 Å². The maximum Gasteiger partial charge on any atom is 0.337 e. The van der Waals surface area contributed by atoms with Gasteiger partial charge < -0.3 is 20.3 Å². The highest BCUT2D eigenvalue weighted by Gasteiger charge is 2.25. The number of carbonyl (C=O) groups is 2. The Hall–Kier alpha value is -3.22. The third-order valence-corrected chi connectivity index (χ3v) is 5.24. The molecule has 0 bridgehead atoms. The van der Waals surface area contributed by atoms with Crippen LogP contribution in [0.3, 0.4) is 0 Å². The molecule has 1 heterocycles. The zero-order valence-electron chi connectivity index (χ0n) is 14.7. The maximum absolute atomic E-state index is 11.6. The van der Waals surface area contributed by atoms with Crippen LogP contribution in [0.5, 0.6) is 11.5 Å². The van der Waals surface area contributed by atoms with Gasteiger partial charge in [0, 0.05) is 0 Å². The van der Waals surface area contributed by atoms with Crippen molar-refractivity contribution in [3.63, 3.8) is 0 Å². The van der Waals surface area contributed by atoms with Crippen molar-refractivity contribution < 1.29 is 24.5 Å². The Labute approximate surface area is 175 Å². The summed E-state index contributed by atoms with van der Waals surface area (Å²) in [5.74, 6) is -1.88. The van der Waals surface area contributed by atoms with Gasteiger partial charge in [-0.15, -0.1) is 0 Å². The van der Waals surface area contributed by atoms with Gasteiger partial charge >= 0.3 is 11.9 Å². The molecule has 0 atom stereocenters. The molecule has 0 spiro atoms. The number of halogens is 2. The number of ether oxygens (including phenoxy) is 1. The Morgan fingerprint density at radius 1 is 0.862 bits per heavy atom. The Morgan fingerprint density at radius 2 is 1.59 bits per heavy atom. The van der Waals surface area contributed by atoms with Crippen molar-refractivity contribution in [2.75, 3.05) is 5.32 Å². The smallest absolute Gasteiger partial charge is 0.337 e. The molecule has 8 heteroatoms. The SMILES string of the molecule is O=C(O)c1cc2c(c(C(=O)O)c1)Nc1ccc(Cc3ccc(Cl)c(Cl)c3)cc1O2. The van der Waals surface area contributed by atoms with Gasteiger partial charge in [0.25, 0.3) is 0 Å². The van der Waals surface area contributed by atoms with Crippen LogP contribution < -0.4 is 10.1 Å². The molecular weight excluding hydrogens is 417 g/mol. The molecular formula is C21H13Cl2NO5. The largest absolute Gasteiger partial charge is 0.478 e. The summed E-state index contributed by atoms with van der Waals surface area (Å²) in [4.78, 5) is 22.9. The van der Waals surface area contributed by atoms with Gasteiger partial charge in [0.05, 0.1) is 32.5 Å². The molecule has 146 valence electrons. The van der Waals surface area contributed by atoms with E-state index in [2.05, 4.69) is 5.32 Å². The van der Waals surface area contributed by atoms with E-state index in [1.165, 1.54) is 6.07 Å². The predicted molar refractivity (Wildman–Crippen MR) is 109 cm³/mol. The van der Waals surface area contributed by atoms with Crippen LogP contribution in [0.25, 0.3) is 0 Å². The number of anilines is 2. The summed E-state index contributed by atoms with van der Waals surface area (Å²) in [7, 11) is 0. The van der Waals surface area contributed by atoms with Crippen molar-refractivity contribution in [1.29, 1.82) is 0 Å². The minimum Gasteiger partial charge on any atom is -0.478 e. The first-order chi connectivity index (χ1) is 13.8. The molecule has 3 aromatic rings. The van der Waals surface area contributed by atoms with Gasteiger partial charge in [-0.3, -0.25) is 0 Å². The standard InChI is InChI=1S/C21H13Cl2NO5/c22-14-3-1-10(6-15(14)23)5-11-2-4-16-17(7-11)29-18-9-12(20(25)26)8-13(21(27)28)19(18)24-16/h1-4,6-9,24H,5H2,(H,25,26)(H,27,28). The van der Waals surface area contributed by atoms with Crippen LogP contribution in [0.2, 0.25) is 10.0 Å². The number of carboxylic acids is 2. The summed E-state index contributed by atoms with van der Waals surface area (Å²) in [5, 5.41) is 22.7. The number of benzene rings is 3. The van der Waals surface area contributed by atoms with Crippen LogP contribution in [-0.2, 0) is 6.42 Å². The van der Waals surface area contributed by atoms with E-state index in [9.17, 15) is 19.8 Å². The zero-order valence-corrected chi connectivity index (χ0v) is 16.2. The fourth-order valence-electron chi connectivity index (χ4n) is 3.12. The van der Waals surface area contributed by atoms with E-state index in [1.807, 2.05) is 18.2 Å². The molecule has 0 aliphatic carbocycles. The average molecular weight is 430 g/mol. The van der Waals surface area contributed by atoms with Crippen molar-refractivity contribution in [2.24, 2.45) is 0 Å². The van der Waals surface area contributed by atoms with Crippen LogP contribution >= 0.6 is 23.2 Å². The molecule has 0 saturated carbocycles. The lowest BCUT2D eigenvalue weighted by atomic mass is 10.0. The highest BCUT2D eigenvalue weighted by molar-refractivity contribution is 6.42. The molecule has 0 amide bonds.